The second-order valence-corrected chi connectivity index (χ2v) is 6.47. The van der Waals surface area contributed by atoms with Crippen LogP contribution in [0.5, 0.6) is 0 Å². The molecular formula is C19H35N5O6. The van der Waals surface area contributed by atoms with E-state index >= 15 is 0 Å². The van der Waals surface area contributed by atoms with Crippen LogP contribution >= 0.6 is 0 Å². The smallest absolute Gasteiger partial charge is 0.270 e. The van der Waals surface area contributed by atoms with Crippen LogP contribution in [0.3, 0.4) is 0 Å². The molecule has 0 bridgehead atoms. The molecule has 11 heteroatoms. The second kappa shape index (κ2) is 15.9. The molecule has 30 heavy (non-hydrogen) atoms. The van der Waals surface area contributed by atoms with E-state index in [4.69, 9.17) is 14.5 Å². The lowest BCUT2D eigenvalue weighted by Gasteiger charge is -2.30. The van der Waals surface area contributed by atoms with Crippen LogP contribution in [-0.4, -0.2) is 73.4 Å². The van der Waals surface area contributed by atoms with Crippen LogP contribution in [0.4, 0.5) is 0 Å². The molecule has 0 saturated heterocycles. The first-order valence-electron chi connectivity index (χ1n) is 10.5. The maximum atomic E-state index is 12.0. The SMILES string of the molecule is CCONCCCCC(CON(CCNC(=O)CC)N1C(=O)C=CC1=O)NOCC. The lowest BCUT2D eigenvalue weighted by molar-refractivity contribution is -0.267. The van der Waals surface area contributed by atoms with Crippen LogP contribution in [0.2, 0.25) is 0 Å². The van der Waals surface area contributed by atoms with Crippen molar-refractivity contribution in [2.75, 3.05) is 39.5 Å². The largest absolute Gasteiger partial charge is 0.355 e. The fraction of sp³-hybridized carbons (Fsp3) is 0.737. The molecule has 0 spiro atoms. The van der Waals surface area contributed by atoms with Crippen molar-refractivity contribution in [3.8, 4) is 0 Å². The first kappa shape index (κ1) is 26.1. The molecule has 1 atom stereocenters. The highest BCUT2D eigenvalue weighted by Crippen LogP contribution is 2.11. The predicted octanol–water partition coefficient (Wildman–Crippen LogP) is 0.207. The summed E-state index contributed by atoms with van der Waals surface area (Å²) in [7, 11) is 0. The van der Waals surface area contributed by atoms with Crippen LogP contribution < -0.4 is 16.3 Å². The molecule has 1 unspecified atom stereocenters. The Morgan fingerprint density at radius 1 is 1.07 bits per heavy atom. The lowest BCUT2D eigenvalue weighted by atomic mass is 10.1. The fourth-order valence-electron chi connectivity index (χ4n) is 2.57. The number of hydrogen-bond donors (Lipinski definition) is 3. The van der Waals surface area contributed by atoms with Gasteiger partial charge in [0.2, 0.25) is 5.91 Å². The van der Waals surface area contributed by atoms with Gasteiger partial charge in [-0.1, -0.05) is 18.5 Å². The maximum absolute atomic E-state index is 12.0. The molecule has 3 N–H and O–H groups in total. The predicted molar refractivity (Wildman–Crippen MR) is 109 cm³/mol. The van der Waals surface area contributed by atoms with Crippen molar-refractivity contribution in [2.45, 2.75) is 52.5 Å². The molecule has 0 fully saturated rings. The van der Waals surface area contributed by atoms with Gasteiger partial charge >= 0.3 is 0 Å². The summed E-state index contributed by atoms with van der Waals surface area (Å²) in [4.78, 5) is 51.7. The minimum absolute atomic E-state index is 0.122. The van der Waals surface area contributed by atoms with Crippen molar-refractivity contribution in [3.05, 3.63) is 12.2 Å². The summed E-state index contributed by atoms with van der Waals surface area (Å²) in [6, 6.07) is -0.148. The zero-order chi connectivity index (χ0) is 22.2. The number of rotatable bonds is 18. The summed E-state index contributed by atoms with van der Waals surface area (Å²) in [5, 5.41) is 4.82. The van der Waals surface area contributed by atoms with Crippen molar-refractivity contribution >= 4 is 17.7 Å². The van der Waals surface area contributed by atoms with Gasteiger partial charge in [-0.25, -0.2) is 5.48 Å². The van der Waals surface area contributed by atoms with Crippen molar-refractivity contribution in [2.24, 2.45) is 0 Å². The minimum atomic E-state index is -0.488. The van der Waals surface area contributed by atoms with Gasteiger partial charge in [0.05, 0.1) is 32.4 Å². The van der Waals surface area contributed by atoms with Gasteiger partial charge in [0, 0.05) is 31.7 Å². The summed E-state index contributed by atoms with van der Waals surface area (Å²) < 4.78 is 0. The number of carbonyl (C=O) groups is 3. The van der Waals surface area contributed by atoms with Gasteiger partial charge in [-0.2, -0.15) is 10.5 Å². The average molecular weight is 430 g/mol. The molecule has 0 aliphatic carbocycles. The summed E-state index contributed by atoms with van der Waals surface area (Å²) in [5.74, 6) is -1.10. The Morgan fingerprint density at radius 2 is 1.77 bits per heavy atom. The molecule has 11 nitrogen and oxygen atoms in total. The summed E-state index contributed by atoms with van der Waals surface area (Å²) in [5.41, 5.74) is 5.82. The van der Waals surface area contributed by atoms with Crippen LogP contribution in [0.1, 0.15) is 46.5 Å². The highest BCUT2D eigenvalue weighted by atomic mass is 16.7. The molecule has 0 saturated carbocycles. The Morgan fingerprint density at radius 3 is 2.40 bits per heavy atom. The van der Waals surface area contributed by atoms with Gasteiger partial charge < -0.3 is 15.0 Å². The first-order valence-corrected chi connectivity index (χ1v) is 10.5. The number of hydrazine groups is 1. The van der Waals surface area contributed by atoms with Crippen molar-refractivity contribution in [1.82, 2.24) is 26.5 Å². The zero-order valence-electron chi connectivity index (χ0n) is 18.1. The first-order chi connectivity index (χ1) is 14.5. The molecule has 0 aromatic rings. The van der Waals surface area contributed by atoms with Gasteiger partial charge in [-0.15, -0.1) is 0 Å². The van der Waals surface area contributed by atoms with Gasteiger partial charge in [-0.3, -0.25) is 19.2 Å². The monoisotopic (exact) mass is 429 g/mol. The Balaban J connectivity index is 2.58. The number of unbranched alkanes of at least 4 members (excludes halogenated alkanes) is 1. The number of carbonyl (C=O) groups excluding carboxylic acids is 3. The Bertz CT molecular complexity index is 542. The van der Waals surface area contributed by atoms with Gasteiger partial charge in [0.25, 0.3) is 11.8 Å². The maximum Gasteiger partial charge on any atom is 0.270 e. The normalized spacial score (nSPS) is 14.7. The molecule has 1 aliphatic heterocycles. The van der Waals surface area contributed by atoms with E-state index in [1.54, 1.807) is 6.92 Å². The van der Waals surface area contributed by atoms with Gasteiger partial charge in [0.15, 0.2) is 0 Å². The number of hydrogen-bond acceptors (Lipinski definition) is 9. The molecule has 1 heterocycles. The van der Waals surface area contributed by atoms with E-state index in [0.29, 0.717) is 19.6 Å². The van der Waals surface area contributed by atoms with Crippen LogP contribution in [0.25, 0.3) is 0 Å². The molecule has 1 aliphatic rings. The van der Waals surface area contributed by atoms with E-state index in [1.807, 2.05) is 13.8 Å². The van der Waals surface area contributed by atoms with Crippen LogP contribution in [-0.2, 0) is 28.9 Å². The molecule has 0 aromatic carbocycles. The number of amides is 3. The number of nitrogens with zero attached hydrogens (tertiary/aromatic N) is 2. The van der Waals surface area contributed by atoms with Crippen molar-refractivity contribution < 1.29 is 28.9 Å². The van der Waals surface area contributed by atoms with Crippen molar-refractivity contribution in [3.63, 3.8) is 0 Å². The summed E-state index contributed by atoms with van der Waals surface area (Å²) in [6.07, 6.45) is 5.28. The Hall–Kier alpha value is -1.89. The van der Waals surface area contributed by atoms with E-state index in [1.165, 1.54) is 17.3 Å². The molecular weight excluding hydrogens is 394 g/mol. The van der Waals surface area contributed by atoms with Crippen LogP contribution in [0, 0.1) is 0 Å². The minimum Gasteiger partial charge on any atom is -0.355 e. The quantitative estimate of drug-likeness (QED) is 0.159. The number of nitrogens with one attached hydrogen (secondary N) is 3. The highest BCUT2D eigenvalue weighted by molar-refractivity contribution is 6.12. The molecule has 0 radical (unpaired) electrons. The third-order valence-corrected chi connectivity index (χ3v) is 4.10. The van der Waals surface area contributed by atoms with Crippen LogP contribution in [0.15, 0.2) is 12.2 Å². The van der Waals surface area contributed by atoms with Gasteiger partial charge in [-0.05, 0) is 26.7 Å². The number of imide groups is 1. The molecule has 1 rings (SSSR count). The van der Waals surface area contributed by atoms with Crippen molar-refractivity contribution in [1.29, 1.82) is 0 Å². The summed E-state index contributed by atoms with van der Waals surface area (Å²) >= 11 is 0. The van der Waals surface area contributed by atoms with E-state index in [9.17, 15) is 14.4 Å². The average Bonchev–Trinajstić information content (AvgIpc) is 3.08. The Kier molecular flexibility index (Phi) is 13.8. The van der Waals surface area contributed by atoms with E-state index in [-0.39, 0.29) is 31.6 Å². The molecule has 3 amide bonds. The standard InChI is InChI=1S/C19H35N5O6/c1-4-17(25)20-13-14-23(24-18(26)10-11-19(24)27)30-15-16(22-29-6-3)9-7-8-12-21-28-5-2/h10-11,16,21-22H,4-9,12-15H2,1-3H3,(H,20,25). The third-order valence-electron chi connectivity index (χ3n) is 4.10. The van der Waals surface area contributed by atoms with Gasteiger partial charge in [0.1, 0.15) is 0 Å². The van der Waals surface area contributed by atoms with E-state index in [2.05, 4.69) is 16.3 Å². The molecule has 172 valence electrons. The zero-order valence-corrected chi connectivity index (χ0v) is 18.1. The van der Waals surface area contributed by atoms with E-state index in [0.717, 1.165) is 30.8 Å². The number of hydroxylamine groups is 3. The molecule has 0 aromatic heterocycles. The van der Waals surface area contributed by atoms with E-state index < -0.39 is 11.8 Å². The topological polar surface area (TPSA) is 121 Å². The lowest BCUT2D eigenvalue weighted by Crippen LogP contribution is -2.50. The second-order valence-electron chi connectivity index (χ2n) is 6.47. The summed E-state index contributed by atoms with van der Waals surface area (Å²) in [6.45, 7) is 7.92. The fourth-order valence-corrected chi connectivity index (χ4v) is 2.57. The Labute approximate surface area is 177 Å². The highest BCUT2D eigenvalue weighted by Gasteiger charge is 2.31. The third kappa shape index (κ3) is 10.2.